The molecule has 7 nitrogen and oxygen atoms in total. The number of ether oxygens (including phenoxy) is 1. The first-order valence-corrected chi connectivity index (χ1v) is 8.18. The molecule has 0 fully saturated rings. The van der Waals surface area contributed by atoms with Crippen molar-refractivity contribution in [1.82, 2.24) is 20.5 Å². The Morgan fingerprint density at radius 2 is 2.22 bits per heavy atom. The quantitative estimate of drug-likeness (QED) is 0.574. The number of benzene rings is 1. The van der Waals surface area contributed by atoms with Crippen LogP contribution in [-0.4, -0.2) is 26.8 Å². The maximum atomic E-state index is 11.6. The molecule has 0 aliphatic carbocycles. The van der Waals surface area contributed by atoms with E-state index in [1.165, 1.54) is 11.8 Å². The van der Waals surface area contributed by atoms with Gasteiger partial charge in [0.15, 0.2) is 0 Å². The number of aromatic nitrogens is 3. The van der Waals surface area contributed by atoms with Gasteiger partial charge in [-0.25, -0.2) is 4.79 Å². The van der Waals surface area contributed by atoms with Gasteiger partial charge in [0.2, 0.25) is 0 Å². The second kappa shape index (κ2) is 7.10. The molecule has 124 valence electrons. The number of carbonyl (C=O) groups is 1. The molecule has 2 rings (SSSR count). The Bertz CT molecular complexity index is 699. The minimum Gasteiger partial charge on any atom is -0.398 e. The number of H-pyrrole nitrogens is 1. The van der Waals surface area contributed by atoms with Crippen LogP contribution in [0.5, 0.6) is 6.01 Å². The minimum absolute atomic E-state index is 0.0218. The predicted octanol–water partition coefficient (Wildman–Crippen LogP) is 3.22. The maximum absolute atomic E-state index is 11.6. The van der Waals surface area contributed by atoms with Crippen LogP contribution in [0.3, 0.4) is 0 Å². The number of rotatable bonds is 4. The summed E-state index contributed by atoms with van der Waals surface area (Å²) in [5, 5.41) is 9.82. The highest BCUT2D eigenvalue weighted by molar-refractivity contribution is 7.98. The molecule has 0 radical (unpaired) electrons. The van der Waals surface area contributed by atoms with Gasteiger partial charge < -0.3 is 15.8 Å². The SMILES string of the molecule is CC(C)(C)NC(=O)Oc1n[nH]c(CSc2ccc(Cl)cc2N)n1. The molecule has 0 saturated heterocycles. The van der Waals surface area contributed by atoms with Gasteiger partial charge >= 0.3 is 12.1 Å². The first-order valence-electron chi connectivity index (χ1n) is 6.82. The number of nitrogens with two attached hydrogens (primary N) is 1. The summed E-state index contributed by atoms with van der Waals surface area (Å²) in [6.45, 7) is 5.56. The van der Waals surface area contributed by atoms with Gasteiger partial charge in [-0.1, -0.05) is 11.6 Å². The highest BCUT2D eigenvalue weighted by Gasteiger charge is 2.17. The van der Waals surface area contributed by atoms with Crippen LogP contribution in [0.1, 0.15) is 26.6 Å². The summed E-state index contributed by atoms with van der Waals surface area (Å²) in [7, 11) is 0. The molecule has 0 saturated carbocycles. The molecule has 9 heteroatoms. The van der Waals surface area contributed by atoms with Gasteiger partial charge in [0.1, 0.15) is 5.82 Å². The van der Waals surface area contributed by atoms with E-state index in [2.05, 4.69) is 20.5 Å². The fraction of sp³-hybridized carbons (Fsp3) is 0.357. The Morgan fingerprint density at radius 1 is 1.48 bits per heavy atom. The molecule has 1 heterocycles. The van der Waals surface area contributed by atoms with Crippen LogP contribution in [0, 0.1) is 0 Å². The largest absolute Gasteiger partial charge is 0.415 e. The minimum atomic E-state index is -0.599. The zero-order valence-electron chi connectivity index (χ0n) is 13.0. The molecule has 0 spiro atoms. The molecule has 0 bridgehead atoms. The third kappa shape index (κ3) is 5.65. The summed E-state index contributed by atoms with van der Waals surface area (Å²) in [6.07, 6.45) is -0.599. The molecule has 0 unspecified atom stereocenters. The number of nitrogens with one attached hydrogen (secondary N) is 2. The topological polar surface area (TPSA) is 106 Å². The smallest absolute Gasteiger partial charge is 0.398 e. The highest BCUT2D eigenvalue weighted by atomic mass is 35.5. The van der Waals surface area contributed by atoms with Crippen LogP contribution in [0.15, 0.2) is 23.1 Å². The lowest BCUT2D eigenvalue weighted by Gasteiger charge is -2.18. The van der Waals surface area contributed by atoms with Crippen molar-refractivity contribution in [3.05, 3.63) is 29.0 Å². The third-order valence-corrected chi connectivity index (χ3v) is 3.84. The fourth-order valence-electron chi connectivity index (χ4n) is 1.60. The van der Waals surface area contributed by atoms with Crippen molar-refractivity contribution in [3.63, 3.8) is 0 Å². The number of amides is 1. The van der Waals surface area contributed by atoms with Crippen LogP contribution in [0.25, 0.3) is 0 Å². The Hall–Kier alpha value is -1.93. The first-order chi connectivity index (χ1) is 10.7. The molecule has 1 aromatic heterocycles. The second-order valence-corrected chi connectivity index (χ2v) is 7.25. The summed E-state index contributed by atoms with van der Waals surface area (Å²) in [5.41, 5.74) is 6.10. The predicted molar refractivity (Wildman–Crippen MR) is 90.7 cm³/mol. The van der Waals surface area contributed by atoms with Crippen LogP contribution < -0.4 is 15.8 Å². The first kappa shape index (κ1) is 17.4. The molecule has 0 aliphatic heterocycles. The number of nitrogens with zero attached hydrogens (tertiary/aromatic N) is 2. The zero-order valence-corrected chi connectivity index (χ0v) is 14.6. The molecule has 0 aliphatic rings. The van der Waals surface area contributed by atoms with E-state index < -0.39 is 11.6 Å². The van der Waals surface area contributed by atoms with E-state index in [9.17, 15) is 4.79 Å². The number of aromatic amines is 1. The van der Waals surface area contributed by atoms with Crippen molar-refractivity contribution in [2.45, 2.75) is 37.0 Å². The van der Waals surface area contributed by atoms with Crippen molar-refractivity contribution in [2.24, 2.45) is 0 Å². The fourth-order valence-corrected chi connectivity index (χ4v) is 2.59. The van der Waals surface area contributed by atoms with Crippen LogP contribution >= 0.6 is 23.4 Å². The summed E-state index contributed by atoms with van der Waals surface area (Å²) < 4.78 is 5.01. The number of thioether (sulfide) groups is 1. The number of anilines is 1. The summed E-state index contributed by atoms with van der Waals surface area (Å²) in [4.78, 5) is 16.6. The molecular formula is C14H18ClN5O2S. The normalized spacial score (nSPS) is 11.3. The number of carbonyl (C=O) groups excluding carboxylic acids is 1. The molecule has 1 aromatic carbocycles. The van der Waals surface area contributed by atoms with E-state index in [1.54, 1.807) is 12.1 Å². The average molecular weight is 356 g/mol. The van der Waals surface area contributed by atoms with Gasteiger partial charge in [0.25, 0.3) is 0 Å². The van der Waals surface area contributed by atoms with Crippen LogP contribution in [-0.2, 0) is 5.75 Å². The number of nitrogen functional groups attached to an aromatic ring is 1. The molecule has 1 amide bonds. The van der Waals surface area contributed by atoms with E-state index in [0.29, 0.717) is 22.3 Å². The standard InChI is InChI=1S/C14H18ClN5O2S/c1-14(2,3)18-13(21)22-12-17-11(19-20-12)7-23-10-5-4-8(15)6-9(10)16/h4-6H,7,16H2,1-3H3,(H,18,21)(H,17,19,20). The lowest BCUT2D eigenvalue weighted by Crippen LogP contribution is -2.42. The molecule has 4 N–H and O–H groups in total. The number of hydrogen-bond acceptors (Lipinski definition) is 6. The zero-order chi connectivity index (χ0) is 17.0. The Balaban J connectivity index is 1.91. The lowest BCUT2D eigenvalue weighted by atomic mass is 10.1. The van der Waals surface area contributed by atoms with Crippen LogP contribution in [0.4, 0.5) is 10.5 Å². The number of hydrogen-bond donors (Lipinski definition) is 3. The Labute approximate surface area is 143 Å². The highest BCUT2D eigenvalue weighted by Crippen LogP contribution is 2.29. The van der Waals surface area contributed by atoms with Gasteiger partial charge in [-0.3, -0.25) is 5.10 Å². The van der Waals surface area contributed by atoms with E-state index in [-0.39, 0.29) is 6.01 Å². The lowest BCUT2D eigenvalue weighted by molar-refractivity contribution is 0.187. The van der Waals surface area contributed by atoms with Gasteiger partial charge in [-0.2, -0.15) is 4.98 Å². The van der Waals surface area contributed by atoms with E-state index in [0.717, 1.165) is 4.90 Å². The molecule has 0 atom stereocenters. The van der Waals surface area contributed by atoms with Crippen molar-refractivity contribution < 1.29 is 9.53 Å². The molecular weight excluding hydrogens is 338 g/mol. The van der Waals surface area contributed by atoms with Gasteiger partial charge in [-0.05, 0) is 39.0 Å². The summed E-state index contributed by atoms with van der Waals surface area (Å²) >= 11 is 7.34. The van der Waals surface area contributed by atoms with E-state index >= 15 is 0 Å². The Morgan fingerprint density at radius 3 is 2.87 bits per heavy atom. The van der Waals surface area contributed by atoms with Crippen molar-refractivity contribution in [1.29, 1.82) is 0 Å². The molecule has 2 aromatic rings. The molecule has 23 heavy (non-hydrogen) atoms. The van der Waals surface area contributed by atoms with Crippen molar-refractivity contribution in [3.8, 4) is 6.01 Å². The number of halogens is 1. The van der Waals surface area contributed by atoms with Crippen molar-refractivity contribution >= 4 is 35.1 Å². The van der Waals surface area contributed by atoms with Gasteiger partial charge in [0.05, 0.1) is 5.75 Å². The third-order valence-electron chi connectivity index (χ3n) is 2.51. The Kier molecular flexibility index (Phi) is 5.38. The van der Waals surface area contributed by atoms with Gasteiger partial charge in [0, 0.05) is 21.1 Å². The van der Waals surface area contributed by atoms with E-state index in [4.69, 9.17) is 22.1 Å². The second-order valence-electron chi connectivity index (χ2n) is 5.80. The monoisotopic (exact) mass is 355 g/mol. The van der Waals surface area contributed by atoms with Crippen LogP contribution in [0.2, 0.25) is 5.02 Å². The van der Waals surface area contributed by atoms with E-state index in [1.807, 2.05) is 26.8 Å². The average Bonchev–Trinajstić information content (AvgIpc) is 2.83. The van der Waals surface area contributed by atoms with Gasteiger partial charge in [-0.15, -0.1) is 16.9 Å². The summed E-state index contributed by atoms with van der Waals surface area (Å²) in [6, 6.07) is 5.28. The summed E-state index contributed by atoms with van der Waals surface area (Å²) in [5.74, 6) is 1.08. The maximum Gasteiger partial charge on any atom is 0.415 e. The van der Waals surface area contributed by atoms with Crippen molar-refractivity contribution in [2.75, 3.05) is 5.73 Å².